The zero-order valence-corrected chi connectivity index (χ0v) is 9.27. The van der Waals surface area contributed by atoms with Crippen LogP contribution in [0.3, 0.4) is 0 Å². The van der Waals surface area contributed by atoms with E-state index in [-0.39, 0.29) is 0 Å². The predicted octanol–water partition coefficient (Wildman–Crippen LogP) is 3.12. The summed E-state index contributed by atoms with van der Waals surface area (Å²) in [7, 11) is 0. The van der Waals surface area contributed by atoms with E-state index in [1.165, 1.54) is 0 Å². The summed E-state index contributed by atoms with van der Waals surface area (Å²) in [5, 5.41) is 7.90. The molecule has 0 aliphatic heterocycles. The molecule has 0 saturated carbocycles. The quantitative estimate of drug-likeness (QED) is 0.728. The zero-order valence-electron chi connectivity index (χ0n) is 9.27. The van der Waals surface area contributed by atoms with Gasteiger partial charge in [-0.3, -0.25) is 4.99 Å². The Balaban J connectivity index is 2.40. The summed E-state index contributed by atoms with van der Waals surface area (Å²) in [4.78, 5) is 4.35. The lowest BCUT2D eigenvalue weighted by atomic mass is 9.95. The summed E-state index contributed by atoms with van der Waals surface area (Å²) in [6.45, 7) is 2.78. The summed E-state index contributed by atoms with van der Waals surface area (Å²) >= 11 is 0. The van der Waals surface area contributed by atoms with Crippen LogP contribution in [0, 0.1) is 5.41 Å². The van der Waals surface area contributed by atoms with Gasteiger partial charge in [0.05, 0.1) is 11.4 Å². The summed E-state index contributed by atoms with van der Waals surface area (Å²) in [5.41, 5.74) is 3.49. The van der Waals surface area contributed by atoms with E-state index in [0.29, 0.717) is 5.71 Å². The fraction of sp³-hybridized carbons (Fsp3) is 0.143. The number of hydrogen-bond acceptors (Lipinski definition) is 2. The van der Waals surface area contributed by atoms with Crippen LogP contribution in [0.15, 0.2) is 53.6 Å². The Morgan fingerprint density at radius 3 is 2.56 bits per heavy atom. The standard InChI is InChI=1S/C14H14N2/c1-2-16-12-8-9-14(15)13(10-12)11-6-4-3-5-7-11/h3-10,15H,2H2,1H3. The van der Waals surface area contributed by atoms with Gasteiger partial charge in [-0.25, -0.2) is 0 Å². The topological polar surface area (TPSA) is 36.2 Å². The van der Waals surface area contributed by atoms with Crippen LogP contribution < -0.4 is 0 Å². The van der Waals surface area contributed by atoms with Gasteiger partial charge in [0.1, 0.15) is 0 Å². The summed E-state index contributed by atoms with van der Waals surface area (Å²) in [5.74, 6) is 0. The Morgan fingerprint density at radius 2 is 1.88 bits per heavy atom. The van der Waals surface area contributed by atoms with Gasteiger partial charge >= 0.3 is 0 Å². The number of aliphatic imine (C=N–C) groups is 1. The van der Waals surface area contributed by atoms with Crippen LogP contribution in [0.5, 0.6) is 0 Å². The number of rotatable bonds is 2. The first-order valence-electron chi connectivity index (χ1n) is 5.40. The molecule has 2 heteroatoms. The lowest BCUT2D eigenvalue weighted by molar-refractivity contribution is 1.13. The Labute approximate surface area is 95.5 Å². The SMILES string of the molecule is CCN=C1C=CC(=N)C(c2ccccc2)=C1. The molecule has 0 fully saturated rings. The second-order valence-electron chi connectivity index (χ2n) is 3.57. The third-order valence-corrected chi connectivity index (χ3v) is 2.43. The van der Waals surface area contributed by atoms with Crippen LogP contribution in [0.4, 0.5) is 0 Å². The van der Waals surface area contributed by atoms with Crippen LogP contribution in [0.2, 0.25) is 0 Å². The van der Waals surface area contributed by atoms with E-state index in [0.717, 1.165) is 23.4 Å². The molecule has 2 rings (SSSR count). The molecule has 16 heavy (non-hydrogen) atoms. The van der Waals surface area contributed by atoms with Crippen molar-refractivity contribution < 1.29 is 0 Å². The van der Waals surface area contributed by atoms with Crippen molar-refractivity contribution in [2.45, 2.75) is 6.92 Å². The zero-order chi connectivity index (χ0) is 11.4. The fourth-order valence-corrected chi connectivity index (χ4v) is 1.67. The van der Waals surface area contributed by atoms with Crippen LogP contribution in [-0.4, -0.2) is 18.0 Å². The highest BCUT2D eigenvalue weighted by Crippen LogP contribution is 2.19. The normalized spacial score (nSPS) is 17.7. The molecule has 0 amide bonds. The third-order valence-electron chi connectivity index (χ3n) is 2.43. The molecule has 0 heterocycles. The van der Waals surface area contributed by atoms with Gasteiger partial charge in [0.25, 0.3) is 0 Å². The average Bonchev–Trinajstić information content (AvgIpc) is 2.33. The van der Waals surface area contributed by atoms with Crippen LogP contribution in [-0.2, 0) is 0 Å². The van der Waals surface area contributed by atoms with Gasteiger partial charge in [-0.05, 0) is 30.7 Å². The van der Waals surface area contributed by atoms with E-state index < -0.39 is 0 Å². The predicted molar refractivity (Wildman–Crippen MR) is 69.3 cm³/mol. The minimum absolute atomic E-state index is 0.543. The Morgan fingerprint density at radius 1 is 1.12 bits per heavy atom. The van der Waals surface area contributed by atoms with Crippen LogP contribution in [0.1, 0.15) is 12.5 Å². The van der Waals surface area contributed by atoms with Gasteiger partial charge in [0.15, 0.2) is 0 Å². The highest BCUT2D eigenvalue weighted by molar-refractivity contribution is 6.35. The van der Waals surface area contributed by atoms with Crippen molar-refractivity contribution in [1.82, 2.24) is 0 Å². The van der Waals surface area contributed by atoms with E-state index in [1.54, 1.807) is 6.08 Å². The Kier molecular flexibility index (Phi) is 3.10. The Bertz CT molecular complexity index is 479. The maximum Gasteiger partial charge on any atom is 0.0619 e. The smallest absolute Gasteiger partial charge is 0.0619 e. The van der Waals surface area contributed by atoms with E-state index in [1.807, 2.05) is 49.4 Å². The molecule has 0 aromatic heterocycles. The van der Waals surface area contributed by atoms with E-state index in [4.69, 9.17) is 5.41 Å². The van der Waals surface area contributed by atoms with Gasteiger partial charge in [0, 0.05) is 12.1 Å². The van der Waals surface area contributed by atoms with Crippen molar-refractivity contribution in [1.29, 1.82) is 5.41 Å². The van der Waals surface area contributed by atoms with Crippen LogP contribution in [0.25, 0.3) is 5.57 Å². The largest absolute Gasteiger partial charge is 0.300 e. The lowest BCUT2D eigenvalue weighted by Crippen LogP contribution is -2.06. The number of nitrogens with zero attached hydrogens (tertiary/aromatic N) is 1. The Hall–Kier alpha value is -1.96. The van der Waals surface area contributed by atoms with E-state index in [2.05, 4.69) is 4.99 Å². The van der Waals surface area contributed by atoms with E-state index in [9.17, 15) is 0 Å². The summed E-state index contributed by atoms with van der Waals surface area (Å²) < 4.78 is 0. The fourth-order valence-electron chi connectivity index (χ4n) is 1.67. The molecule has 0 atom stereocenters. The minimum atomic E-state index is 0.543. The summed E-state index contributed by atoms with van der Waals surface area (Å²) in [6.07, 6.45) is 5.66. The molecule has 0 spiro atoms. The van der Waals surface area contributed by atoms with Crippen molar-refractivity contribution in [3.63, 3.8) is 0 Å². The molecule has 0 bridgehead atoms. The molecule has 0 unspecified atom stereocenters. The molecule has 0 radical (unpaired) electrons. The van der Waals surface area contributed by atoms with Gasteiger partial charge in [0.2, 0.25) is 0 Å². The van der Waals surface area contributed by atoms with E-state index >= 15 is 0 Å². The maximum absolute atomic E-state index is 7.90. The third kappa shape index (κ3) is 2.16. The summed E-state index contributed by atoms with van der Waals surface area (Å²) in [6, 6.07) is 9.98. The number of hydrogen-bond donors (Lipinski definition) is 1. The molecule has 1 aliphatic carbocycles. The molecule has 2 nitrogen and oxygen atoms in total. The molecule has 0 saturated heterocycles. The average molecular weight is 210 g/mol. The lowest BCUT2D eigenvalue weighted by Gasteiger charge is -2.11. The molecule has 80 valence electrons. The molecule has 1 N–H and O–H groups in total. The van der Waals surface area contributed by atoms with Crippen molar-refractivity contribution in [2.75, 3.05) is 6.54 Å². The molecular formula is C14H14N2. The molecule has 1 aromatic carbocycles. The van der Waals surface area contributed by atoms with Gasteiger partial charge in [-0.15, -0.1) is 0 Å². The van der Waals surface area contributed by atoms with Crippen molar-refractivity contribution in [3.8, 4) is 0 Å². The second-order valence-corrected chi connectivity index (χ2v) is 3.57. The highest BCUT2D eigenvalue weighted by Gasteiger charge is 2.10. The first-order chi connectivity index (χ1) is 7.81. The van der Waals surface area contributed by atoms with Gasteiger partial charge in [-0.1, -0.05) is 30.3 Å². The van der Waals surface area contributed by atoms with Crippen LogP contribution >= 0.6 is 0 Å². The maximum atomic E-state index is 7.90. The number of nitrogens with one attached hydrogen (secondary N) is 1. The number of allylic oxidation sites excluding steroid dienone is 4. The first-order valence-corrected chi connectivity index (χ1v) is 5.40. The van der Waals surface area contributed by atoms with Gasteiger partial charge in [-0.2, -0.15) is 0 Å². The first kappa shape index (κ1) is 10.6. The van der Waals surface area contributed by atoms with Crippen molar-refractivity contribution in [2.24, 2.45) is 4.99 Å². The highest BCUT2D eigenvalue weighted by atomic mass is 14.7. The molecule has 1 aliphatic rings. The minimum Gasteiger partial charge on any atom is -0.300 e. The monoisotopic (exact) mass is 210 g/mol. The van der Waals surface area contributed by atoms with Crippen molar-refractivity contribution >= 4 is 17.0 Å². The second kappa shape index (κ2) is 4.71. The number of benzene rings is 1. The van der Waals surface area contributed by atoms with Gasteiger partial charge < -0.3 is 5.41 Å². The molecular weight excluding hydrogens is 196 g/mol. The van der Waals surface area contributed by atoms with Crippen molar-refractivity contribution in [3.05, 3.63) is 54.1 Å². The molecule has 1 aromatic rings.